The van der Waals surface area contributed by atoms with E-state index in [-0.39, 0.29) is 12.5 Å². The van der Waals surface area contributed by atoms with Gasteiger partial charge >= 0.3 is 5.97 Å². The van der Waals surface area contributed by atoms with Gasteiger partial charge < -0.3 is 9.15 Å². The van der Waals surface area contributed by atoms with E-state index >= 15 is 0 Å². The number of thiazole rings is 1. The number of likely N-dealkylation sites (N-methyl/N-ethyl adjacent to an activating group) is 1. The SMILES string of the molecule is CN(C(=O)COC(=O)c1ccccc1CSc1nc2ccccc2o1)c1nccs1. The van der Waals surface area contributed by atoms with Crippen molar-refractivity contribution in [3.63, 3.8) is 0 Å². The highest BCUT2D eigenvalue weighted by molar-refractivity contribution is 7.98. The van der Waals surface area contributed by atoms with Crippen LogP contribution in [0.2, 0.25) is 0 Å². The lowest BCUT2D eigenvalue weighted by Crippen LogP contribution is -2.31. The molecule has 7 nitrogen and oxygen atoms in total. The van der Waals surface area contributed by atoms with Gasteiger partial charge in [0.25, 0.3) is 11.1 Å². The molecule has 1 amide bonds. The molecule has 0 aliphatic carbocycles. The molecule has 0 aliphatic heterocycles. The van der Waals surface area contributed by atoms with Crippen LogP contribution in [0.25, 0.3) is 11.1 Å². The summed E-state index contributed by atoms with van der Waals surface area (Å²) < 4.78 is 11.0. The maximum absolute atomic E-state index is 12.6. The maximum Gasteiger partial charge on any atom is 0.338 e. The Hall–Kier alpha value is -3.17. The van der Waals surface area contributed by atoms with E-state index < -0.39 is 5.97 Å². The van der Waals surface area contributed by atoms with E-state index in [2.05, 4.69) is 9.97 Å². The highest BCUT2D eigenvalue weighted by atomic mass is 32.2. The van der Waals surface area contributed by atoms with E-state index in [1.165, 1.54) is 28.0 Å². The lowest BCUT2D eigenvalue weighted by molar-refractivity contribution is -0.121. The number of hydrogen-bond donors (Lipinski definition) is 0. The minimum absolute atomic E-state index is 0.350. The lowest BCUT2D eigenvalue weighted by Gasteiger charge is -2.14. The molecule has 0 radical (unpaired) electrons. The zero-order chi connectivity index (χ0) is 20.9. The fourth-order valence-corrected chi connectivity index (χ4v) is 4.16. The van der Waals surface area contributed by atoms with Crippen molar-refractivity contribution in [2.45, 2.75) is 11.0 Å². The van der Waals surface area contributed by atoms with Crippen molar-refractivity contribution in [2.75, 3.05) is 18.6 Å². The molecule has 0 fully saturated rings. The summed E-state index contributed by atoms with van der Waals surface area (Å²) in [5, 5.41) is 2.85. The molecule has 0 unspecified atom stereocenters. The highest BCUT2D eigenvalue weighted by Gasteiger charge is 2.18. The van der Waals surface area contributed by atoms with Crippen LogP contribution in [0, 0.1) is 0 Å². The molecular formula is C21H17N3O4S2. The Bertz CT molecular complexity index is 1140. The van der Waals surface area contributed by atoms with Crippen molar-refractivity contribution in [1.82, 2.24) is 9.97 Å². The van der Waals surface area contributed by atoms with Gasteiger partial charge in [-0.3, -0.25) is 9.69 Å². The third kappa shape index (κ3) is 4.52. The minimum Gasteiger partial charge on any atom is -0.452 e. The first-order chi connectivity index (χ1) is 14.6. The van der Waals surface area contributed by atoms with Gasteiger partial charge in [-0.15, -0.1) is 11.3 Å². The quantitative estimate of drug-likeness (QED) is 0.312. The molecule has 0 spiro atoms. The molecule has 0 saturated carbocycles. The number of thioether (sulfide) groups is 1. The van der Waals surface area contributed by atoms with Crippen LogP contribution in [0.5, 0.6) is 0 Å². The second kappa shape index (κ2) is 9.10. The number of ether oxygens (including phenoxy) is 1. The van der Waals surface area contributed by atoms with Crippen molar-refractivity contribution < 1.29 is 18.7 Å². The van der Waals surface area contributed by atoms with Crippen LogP contribution in [0.1, 0.15) is 15.9 Å². The lowest BCUT2D eigenvalue weighted by atomic mass is 10.1. The average Bonchev–Trinajstić information content (AvgIpc) is 3.45. The van der Waals surface area contributed by atoms with Crippen LogP contribution < -0.4 is 4.90 Å². The van der Waals surface area contributed by atoms with Crippen LogP contribution >= 0.6 is 23.1 Å². The molecule has 9 heteroatoms. The summed E-state index contributed by atoms with van der Waals surface area (Å²) in [5.74, 6) is -0.424. The third-order valence-corrected chi connectivity index (χ3v) is 5.99. The number of amides is 1. The number of anilines is 1. The van der Waals surface area contributed by atoms with E-state index in [0.29, 0.717) is 21.7 Å². The predicted octanol–water partition coefficient (Wildman–Crippen LogP) is 4.40. The molecular weight excluding hydrogens is 422 g/mol. The van der Waals surface area contributed by atoms with Crippen LogP contribution in [0.4, 0.5) is 5.13 Å². The first kappa shape index (κ1) is 20.1. The van der Waals surface area contributed by atoms with Gasteiger partial charge in [0.05, 0.1) is 5.56 Å². The fourth-order valence-electron chi connectivity index (χ4n) is 2.69. The van der Waals surface area contributed by atoms with Crippen molar-refractivity contribution in [1.29, 1.82) is 0 Å². The number of oxazole rings is 1. The molecule has 0 atom stereocenters. The first-order valence-corrected chi connectivity index (χ1v) is 10.9. The van der Waals surface area contributed by atoms with Crippen LogP contribution in [-0.2, 0) is 15.3 Å². The number of carbonyl (C=O) groups excluding carboxylic acids is 2. The minimum atomic E-state index is -0.551. The molecule has 0 saturated heterocycles. The molecule has 0 N–H and O–H groups in total. The van der Waals surface area contributed by atoms with Gasteiger partial charge in [0.2, 0.25) is 0 Å². The number of para-hydroxylation sites is 2. The smallest absolute Gasteiger partial charge is 0.338 e. The summed E-state index contributed by atoms with van der Waals surface area (Å²) in [6.07, 6.45) is 1.61. The standard InChI is InChI=1S/C21H17N3O4S2/c1-24(20-22-10-11-29-20)18(25)12-27-19(26)15-7-3-2-6-14(15)13-30-21-23-16-8-4-5-9-17(16)28-21/h2-11H,12-13H2,1H3. The Labute approximate surface area is 180 Å². The Balaban J connectivity index is 1.39. The number of carbonyl (C=O) groups is 2. The van der Waals surface area contributed by atoms with Gasteiger partial charge in [0, 0.05) is 24.4 Å². The van der Waals surface area contributed by atoms with Gasteiger partial charge in [0.1, 0.15) is 5.52 Å². The summed E-state index contributed by atoms with van der Waals surface area (Å²) in [7, 11) is 1.60. The number of esters is 1. The summed E-state index contributed by atoms with van der Waals surface area (Å²) in [5.41, 5.74) is 2.69. The molecule has 2 aromatic carbocycles. The number of benzene rings is 2. The van der Waals surface area contributed by atoms with Gasteiger partial charge in [-0.25, -0.2) is 14.8 Å². The average molecular weight is 440 g/mol. The molecule has 4 rings (SSSR count). The zero-order valence-electron chi connectivity index (χ0n) is 16.0. The van der Waals surface area contributed by atoms with Crippen molar-refractivity contribution in [3.8, 4) is 0 Å². The molecule has 2 heterocycles. The van der Waals surface area contributed by atoms with E-state index in [1.54, 1.807) is 30.8 Å². The maximum atomic E-state index is 12.6. The fraction of sp³-hybridized carbons (Fsp3) is 0.143. The molecule has 0 aliphatic rings. The summed E-state index contributed by atoms with van der Waals surface area (Å²) in [6, 6.07) is 14.7. The Morgan fingerprint density at radius 1 is 1.17 bits per heavy atom. The first-order valence-electron chi connectivity index (χ1n) is 9.01. The second-order valence-corrected chi connectivity index (χ2v) is 8.04. The van der Waals surface area contributed by atoms with Crippen LogP contribution in [-0.4, -0.2) is 35.5 Å². The molecule has 2 aromatic heterocycles. The Kier molecular flexibility index (Phi) is 6.10. The molecule has 30 heavy (non-hydrogen) atoms. The number of nitrogens with zero attached hydrogens (tertiary/aromatic N) is 3. The van der Waals surface area contributed by atoms with Gasteiger partial charge in [-0.2, -0.15) is 0 Å². The topological polar surface area (TPSA) is 85.5 Å². The van der Waals surface area contributed by atoms with Gasteiger partial charge in [-0.1, -0.05) is 42.1 Å². The molecule has 4 aromatic rings. The monoisotopic (exact) mass is 439 g/mol. The van der Waals surface area contributed by atoms with Crippen molar-refractivity contribution in [2.24, 2.45) is 0 Å². The van der Waals surface area contributed by atoms with Gasteiger partial charge in [0.15, 0.2) is 17.3 Å². The number of fused-ring (bicyclic) bond motifs is 1. The van der Waals surface area contributed by atoms with E-state index in [1.807, 2.05) is 36.4 Å². The Morgan fingerprint density at radius 2 is 1.97 bits per heavy atom. The summed E-state index contributed by atoms with van der Waals surface area (Å²) >= 11 is 2.73. The number of aromatic nitrogens is 2. The van der Waals surface area contributed by atoms with Crippen LogP contribution in [0.3, 0.4) is 0 Å². The summed E-state index contributed by atoms with van der Waals surface area (Å²) in [4.78, 5) is 34.7. The van der Waals surface area contributed by atoms with E-state index in [0.717, 1.165) is 16.7 Å². The number of hydrogen-bond acceptors (Lipinski definition) is 8. The van der Waals surface area contributed by atoms with Crippen LogP contribution in [0.15, 0.2) is 69.7 Å². The largest absolute Gasteiger partial charge is 0.452 e. The highest BCUT2D eigenvalue weighted by Crippen LogP contribution is 2.27. The van der Waals surface area contributed by atoms with E-state index in [4.69, 9.17) is 9.15 Å². The van der Waals surface area contributed by atoms with Gasteiger partial charge in [-0.05, 0) is 23.8 Å². The van der Waals surface area contributed by atoms with Crippen molar-refractivity contribution in [3.05, 3.63) is 71.2 Å². The third-order valence-electron chi connectivity index (χ3n) is 4.27. The molecule has 0 bridgehead atoms. The summed E-state index contributed by atoms with van der Waals surface area (Å²) in [6.45, 7) is -0.360. The number of rotatable bonds is 7. The normalized spacial score (nSPS) is 10.8. The van der Waals surface area contributed by atoms with E-state index in [9.17, 15) is 9.59 Å². The molecule has 152 valence electrons. The second-order valence-electron chi connectivity index (χ2n) is 6.24. The zero-order valence-corrected chi connectivity index (χ0v) is 17.6. The van der Waals surface area contributed by atoms with Crippen molar-refractivity contribution >= 4 is 51.2 Å². The predicted molar refractivity (Wildman–Crippen MR) is 116 cm³/mol. The Morgan fingerprint density at radius 3 is 2.77 bits per heavy atom.